The smallest absolute Gasteiger partial charge is 0.265 e. The number of amides is 2. The quantitative estimate of drug-likeness (QED) is 0.800. The number of anilines is 1. The molecule has 3 rings (SSSR count). The van der Waals surface area contributed by atoms with Crippen molar-refractivity contribution in [2.75, 3.05) is 38.7 Å². The van der Waals surface area contributed by atoms with Crippen molar-refractivity contribution in [1.82, 2.24) is 10.2 Å². The largest absolute Gasteiger partial charge is 0.482 e. The maximum absolute atomic E-state index is 12.6. The van der Waals surface area contributed by atoms with E-state index in [2.05, 4.69) is 41.4 Å². The third-order valence-electron chi connectivity index (χ3n) is 5.00. The highest BCUT2D eigenvalue weighted by molar-refractivity contribution is 6.02. The van der Waals surface area contributed by atoms with Gasteiger partial charge < -0.3 is 15.0 Å². The van der Waals surface area contributed by atoms with Crippen LogP contribution in [0.2, 0.25) is 0 Å². The molecule has 1 atom stereocenters. The van der Waals surface area contributed by atoms with E-state index in [4.69, 9.17) is 4.74 Å². The summed E-state index contributed by atoms with van der Waals surface area (Å²) in [4.78, 5) is 28.4. The van der Waals surface area contributed by atoms with Crippen LogP contribution < -0.4 is 15.0 Å². The molecule has 6 nitrogen and oxygen atoms in total. The molecule has 2 amide bonds. The van der Waals surface area contributed by atoms with Gasteiger partial charge in [0.2, 0.25) is 5.91 Å². The normalized spacial score (nSPS) is 14.4. The van der Waals surface area contributed by atoms with Crippen molar-refractivity contribution in [2.45, 2.75) is 19.4 Å². The average molecular weight is 381 g/mol. The van der Waals surface area contributed by atoms with Crippen LogP contribution in [0.5, 0.6) is 5.75 Å². The third-order valence-corrected chi connectivity index (χ3v) is 5.00. The molecule has 0 bridgehead atoms. The summed E-state index contributed by atoms with van der Waals surface area (Å²) in [5.41, 5.74) is 3.07. The highest BCUT2D eigenvalue weighted by atomic mass is 16.5. The van der Waals surface area contributed by atoms with E-state index in [9.17, 15) is 9.59 Å². The van der Waals surface area contributed by atoms with Gasteiger partial charge in [-0.15, -0.1) is 0 Å². The van der Waals surface area contributed by atoms with Gasteiger partial charge in [-0.1, -0.05) is 43.3 Å². The number of likely N-dealkylation sites (N-methyl/N-ethyl adjacent to an activating group) is 1. The Morgan fingerprint density at radius 3 is 2.57 bits per heavy atom. The molecule has 0 spiro atoms. The van der Waals surface area contributed by atoms with Crippen LogP contribution in [0.4, 0.5) is 5.69 Å². The molecule has 2 aromatic carbocycles. The number of nitrogens with one attached hydrogen (secondary N) is 1. The maximum atomic E-state index is 12.6. The fourth-order valence-electron chi connectivity index (χ4n) is 3.31. The zero-order valence-corrected chi connectivity index (χ0v) is 16.6. The van der Waals surface area contributed by atoms with Crippen LogP contribution in [0.25, 0.3) is 0 Å². The number of carbonyl (C=O) groups excluding carboxylic acids is 2. The van der Waals surface area contributed by atoms with E-state index in [1.807, 2.05) is 26.2 Å². The summed E-state index contributed by atoms with van der Waals surface area (Å²) in [6.45, 7) is 2.53. The first kappa shape index (κ1) is 19.9. The van der Waals surface area contributed by atoms with E-state index in [0.29, 0.717) is 18.0 Å². The van der Waals surface area contributed by atoms with Crippen molar-refractivity contribution >= 4 is 17.5 Å². The highest BCUT2D eigenvalue weighted by Crippen LogP contribution is 2.31. The SMILES string of the molecule is CCc1ccc([C@H](CNC(=O)CN2C(=O)COc3ccccc32)N(C)C)cc1. The lowest BCUT2D eigenvalue weighted by atomic mass is 10.0. The number of carbonyl (C=O) groups is 2. The Bertz CT molecular complexity index is 833. The second-order valence-electron chi connectivity index (χ2n) is 7.11. The van der Waals surface area contributed by atoms with Crippen LogP contribution in [-0.4, -0.2) is 50.5 Å². The minimum Gasteiger partial charge on any atom is -0.482 e. The second kappa shape index (κ2) is 8.89. The molecule has 1 N–H and O–H groups in total. The number of hydrogen-bond donors (Lipinski definition) is 1. The number of rotatable bonds is 7. The Morgan fingerprint density at radius 1 is 1.18 bits per heavy atom. The zero-order valence-electron chi connectivity index (χ0n) is 16.6. The summed E-state index contributed by atoms with van der Waals surface area (Å²) < 4.78 is 5.42. The third kappa shape index (κ3) is 4.51. The van der Waals surface area contributed by atoms with Gasteiger partial charge in [-0.05, 0) is 43.8 Å². The topological polar surface area (TPSA) is 61.9 Å². The average Bonchev–Trinajstić information content (AvgIpc) is 2.70. The van der Waals surface area contributed by atoms with Gasteiger partial charge in [0.25, 0.3) is 5.91 Å². The second-order valence-corrected chi connectivity index (χ2v) is 7.11. The van der Waals surface area contributed by atoms with Crippen molar-refractivity contribution in [2.24, 2.45) is 0 Å². The van der Waals surface area contributed by atoms with Crippen LogP contribution in [0.1, 0.15) is 24.1 Å². The maximum Gasteiger partial charge on any atom is 0.265 e. The Hall–Kier alpha value is -2.86. The lowest BCUT2D eigenvalue weighted by Gasteiger charge is -2.29. The lowest BCUT2D eigenvalue weighted by Crippen LogP contribution is -2.46. The number of nitrogens with zero attached hydrogens (tertiary/aromatic N) is 2. The number of fused-ring (bicyclic) bond motifs is 1. The van der Waals surface area contributed by atoms with Crippen LogP contribution in [0, 0.1) is 0 Å². The lowest BCUT2D eigenvalue weighted by molar-refractivity contribution is -0.125. The molecule has 148 valence electrons. The fourth-order valence-corrected chi connectivity index (χ4v) is 3.31. The van der Waals surface area contributed by atoms with Gasteiger partial charge >= 0.3 is 0 Å². The minimum atomic E-state index is -0.215. The van der Waals surface area contributed by atoms with Crippen LogP contribution >= 0.6 is 0 Å². The summed E-state index contributed by atoms with van der Waals surface area (Å²) in [6.07, 6.45) is 0.999. The predicted octanol–water partition coefficient (Wildman–Crippen LogP) is 2.39. The summed E-state index contributed by atoms with van der Waals surface area (Å²) in [5, 5.41) is 2.97. The molecule has 0 fully saturated rings. The monoisotopic (exact) mass is 381 g/mol. The van der Waals surface area contributed by atoms with Gasteiger partial charge in [0.1, 0.15) is 12.3 Å². The van der Waals surface area contributed by atoms with Gasteiger partial charge in [-0.3, -0.25) is 14.5 Å². The van der Waals surface area contributed by atoms with E-state index >= 15 is 0 Å². The molecule has 2 aromatic rings. The molecule has 1 heterocycles. The Labute approximate surface area is 166 Å². The van der Waals surface area contributed by atoms with Gasteiger partial charge in [0.05, 0.1) is 11.7 Å². The van der Waals surface area contributed by atoms with E-state index in [0.717, 1.165) is 12.0 Å². The number of aryl methyl sites for hydroxylation is 1. The molecule has 0 unspecified atom stereocenters. The molecule has 1 aliphatic rings. The molecule has 0 saturated heterocycles. The molecule has 0 saturated carbocycles. The Balaban J connectivity index is 1.64. The minimum absolute atomic E-state index is 0.0197. The van der Waals surface area contributed by atoms with E-state index < -0.39 is 0 Å². The number of benzene rings is 2. The predicted molar refractivity (Wildman–Crippen MR) is 110 cm³/mol. The Morgan fingerprint density at radius 2 is 1.89 bits per heavy atom. The van der Waals surface area contributed by atoms with Crippen LogP contribution in [-0.2, 0) is 16.0 Å². The molecule has 28 heavy (non-hydrogen) atoms. The van der Waals surface area contributed by atoms with E-state index in [1.54, 1.807) is 12.1 Å². The Kier molecular flexibility index (Phi) is 6.31. The summed E-state index contributed by atoms with van der Waals surface area (Å²) in [7, 11) is 3.98. The van der Waals surface area contributed by atoms with Crippen molar-refractivity contribution in [1.29, 1.82) is 0 Å². The van der Waals surface area contributed by atoms with Crippen molar-refractivity contribution in [3.63, 3.8) is 0 Å². The molecule has 0 radical (unpaired) electrons. The molecule has 1 aliphatic heterocycles. The van der Waals surface area contributed by atoms with E-state index in [1.165, 1.54) is 10.5 Å². The molecular formula is C22H27N3O3. The van der Waals surface area contributed by atoms with Crippen molar-refractivity contribution in [3.05, 3.63) is 59.7 Å². The summed E-state index contributed by atoms with van der Waals surface area (Å²) in [6, 6.07) is 15.8. The number of hydrogen-bond acceptors (Lipinski definition) is 4. The molecule has 0 aliphatic carbocycles. The molecule has 0 aromatic heterocycles. The van der Waals surface area contributed by atoms with Crippen molar-refractivity contribution in [3.8, 4) is 5.75 Å². The standard InChI is InChI=1S/C22H27N3O3/c1-4-16-9-11-17(12-10-16)19(24(2)3)13-23-21(26)14-25-18-7-5-6-8-20(18)28-15-22(25)27/h5-12,19H,4,13-15H2,1-3H3,(H,23,26)/t19-/m0/s1. The first-order valence-electron chi connectivity index (χ1n) is 9.53. The fraction of sp³-hybridized carbons (Fsp3) is 0.364. The summed E-state index contributed by atoms with van der Waals surface area (Å²) >= 11 is 0. The summed E-state index contributed by atoms with van der Waals surface area (Å²) in [5.74, 6) is 0.215. The van der Waals surface area contributed by atoms with Gasteiger partial charge in [-0.25, -0.2) is 0 Å². The van der Waals surface area contributed by atoms with Crippen molar-refractivity contribution < 1.29 is 14.3 Å². The van der Waals surface area contributed by atoms with Gasteiger partial charge in [0.15, 0.2) is 6.61 Å². The first-order valence-corrected chi connectivity index (χ1v) is 9.53. The molecule has 6 heteroatoms. The zero-order chi connectivity index (χ0) is 20.1. The van der Waals surface area contributed by atoms with Crippen LogP contribution in [0.15, 0.2) is 48.5 Å². The molecular weight excluding hydrogens is 354 g/mol. The van der Waals surface area contributed by atoms with E-state index in [-0.39, 0.29) is 31.0 Å². The first-order chi connectivity index (χ1) is 13.5. The number of para-hydroxylation sites is 2. The number of ether oxygens (including phenoxy) is 1. The van der Waals surface area contributed by atoms with Gasteiger partial charge in [0, 0.05) is 6.54 Å². The highest BCUT2D eigenvalue weighted by Gasteiger charge is 2.27. The van der Waals surface area contributed by atoms with Gasteiger partial charge in [-0.2, -0.15) is 0 Å². The van der Waals surface area contributed by atoms with Crippen LogP contribution in [0.3, 0.4) is 0 Å².